The lowest BCUT2D eigenvalue weighted by atomic mass is 11.3. The van der Waals surface area contributed by atoms with Gasteiger partial charge in [0, 0.05) is 0 Å². The Morgan fingerprint density at radius 3 is 2.29 bits per heavy atom. The molecule has 5 nitrogen and oxygen atoms in total. The van der Waals surface area contributed by atoms with E-state index in [0.29, 0.717) is 0 Å². The topological polar surface area (TPSA) is 78.9 Å². The van der Waals surface area contributed by atoms with Gasteiger partial charge in [0.25, 0.3) is 6.73 Å². The van der Waals surface area contributed by atoms with Crippen LogP contribution in [-0.2, 0) is 0 Å². The van der Waals surface area contributed by atoms with Crippen LogP contribution in [0.2, 0.25) is 0 Å². The summed E-state index contributed by atoms with van der Waals surface area (Å²) < 4.78 is 0. The second-order valence-electron chi connectivity index (χ2n) is 0.776. The highest BCUT2D eigenvalue weighted by Gasteiger charge is 1.82. The summed E-state index contributed by atoms with van der Waals surface area (Å²) in [6.07, 6.45) is 0. The van der Waals surface area contributed by atoms with Crippen molar-refractivity contribution in [3.63, 3.8) is 0 Å². The zero-order chi connectivity index (χ0) is 5.70. The van der Waals surface area contributed by atoms with Gasteiger partial charge in [-0.05, 0) is 5.11 Å². The maximum atomic E-state index is 9.75. The Kier molecular flexibility index (Phi) is 3.17. The van der Waals surface area contributed by atoms with E-state index in [1.165, 1.54) is 0 Å². The molecule has 0 amide bonds. The Hall–Kier alpha value is -0.680. The highest BCUT2D eigenvalue weighted by Crippen LogP contribution is 1.67. The largest absolute Gasteiger partial charge is 0.598 e. The first-order valence-electron chi connectivity index (χ1n) is 1.65. The average Bonchev–Trinajstić information content (AvgIpc) is 1.68. The first-order chi connectivity index (χ1) is 3.31. The van der Waals surface area contributed by atoms with Gasteiger partial charge in [0.1, 0.15) is 0 Å². The number of aliphatic hydroxyl groups is 2. The number of azo groups is 1. The minimum absolute atomic E-state index is 0.0139. The van der Waals surface area contributed by atoms with E-state index in [2.05, 4.69) is 5.11 Å². The van der Waals surface area contributed by atoms with Crippen LogP contribution in [-0.4, -0.2) is 28.5 Å². The van der Waals surface area contributed by atoms with Crippen LogP contribution in [0.15, 0.2) is 5.11 Å². The van der Waals surface area contributed by atoms with E-state index in [9.17, 15) is 5.21 Å². The van der Waals surface area contributed by atoms with Gasteiger partial charge in [-0.2, -0.15) is 0 Å². The highest BCUT2D eigenvalue weighted by atomic mass is 16.5. The molecule has 0 aliphatic heterocycles. The van der Waals surface area contributed by atoms with Gasteiger partial charge in [0.15, 0.2) is 6.73 Å². The minimum Gasteiger partial charge on any atom is -0.598 e. The number of rotatable bonds is 2. The van der Waals surface area contributed by atoms with E-state index in [1.807, 2.05) is 0 Å². The maximum Gasteiger partial charge on any atom is 0.281 e. The minimum atomic E-state index is -0.708. The van der Waals surface area contributed by atoms with Gasteiger partial charge in [-0.15, -0.1) is 0 Å². The molecular weight excluding hydrogens is 100 g/mol. The number of hydrogen-bond acceptors (Lipinski definition) is 4. The average molecular weight is 106 g/mol. The molecule has 0 spiro atoms. The van der Waals surface area contributed by atoms with Gasteiger partial charge >= 0.3 is 0 Å². The lowest BCUT2D eigenvalue weighted by Crippen LogP contribution is -2.01. The van der Waals surface area contributed by atoms with Crippen molar-refractivity contribution in [2.75, 3.05) is 13.5 Å². The zero-order valence-electron chi connectivity index (χ0n) is 3.61. The molecule has 42 valence electrons. The van der Waals surface area contributed by atoms with Crippen LogP contribution in [0.4, 0.5) is 0 Å². The number of hydrogen-bond donors (Lipinski definition) is 2. The molecule has 0 aromatic rings. The van der Waals surface area contributed by atoms with Crippen molar-refractivity contribution in [2.24, 2.45) is 5.11 Å². The number of hydroxylamine groups is 1. The number of aliphatic hydroxyl groups excluding tert-OH is 2. The first kappa shape index (κ1) is 6.32. The van der Waals surface area contributed by atoms with Crippen molar-refractivity contribution in [2.45, 2.75) is 0 Å². The van der Waals surface area contributed by atoms with E-state index in [-0.39, 0.29) is 4.86 Å². The summed E-state index contributed by atoms with van der Waals surface area (Å²) in [7, 11) is 0. The predicted molar refractivity (Wildman–Crippen MR) is 20.2 cm³/mol. The molecular formula is C2H6N2O3. The monoisotopic (exact) mass is 106 g/mol. The molecule has 5 heteroatoms. The zero-order valence-corrected chi connectivity index (χ0v) is 3.61. The first-order valence-corrected chi connectivity index (χ1v) is 1.65. The normalized spacial score (nSPS) is 12.0. The smallest absolute Gasteiger partial charge is 0.281 e. The molecule has 0 aliphatic rings. The third kappa shape index (κ3) is 3.14. The molecule has 0 radical (unpaired) electrons. The van der Waals surface area contributed by atoms with E-state index >= 15 is 0 Å². The van der Waals surface area contributed by atoms with Crippen molar-refractivity contribution >= 4 is 0 Å². The van der Waals surface area contributed by atoms with E-state index in [0.717, 1.165) is 0 Å². The van der Waals surface area contributed by atoms with Gasteiger partial charge in [-0.1, -0.05) is 4.86 Å². The Morgan fingerprint density at radius 2 is 2.14 bits per heavy atom. The molecule has 0 saturated heterocycles. The SMILES string of the molecule is [O-]/[N+](CO)=N/CO. The maximum absolute atomic E-state index is 9.75. The van der Waals surface area contributed by atoms with Crippen molar-refractivity contribution in [1.82, 2.24) is 0 Å². The third-order valence-electron chi connectivity index (χ3n) is 0.342. The summed E-state index contributed by atoms with van der Waals surface area (Å²) in [5, 5.41) is 28.3. The molecule has 0 saturated carbocycles. The summed E-state index contributed by atoms with van der Waals surface area (Å²) in [6, 6.07) is 0. The van der Waals surface area contributed by atoms with Gasteiger partial charge in [0.2, 0.25) is 0 Å². The molecule has 0 unspecified atom stereocenters. The summed E-state index contributed by atoms with van der Waals surface area (Å²) in [5.41, 5.74) is 0. The molecule has 0 aliphatic carbocycles. The van der Waals surface area contributed by atoms with Crippen molar-refractivity contribution < 1.29 is 15.1 Å². The van der Waals surface area contributed by atoms with Gasteiger partial charge < -0.3 is 15.4 Å². The molecule has 0 bridgehead atoms. The van der Waals surface area contributed by atoms with Crippen LogP contribution in [0.3, 0.4) is 0 Å². The fourth-order valence-corrected chi connectivity index (χ4v) is 0.115. The highest BCUT2D eigenvalue weighted by molar-refractivity contribution is 3.99. The summed E-state index contributed by atoms with van der Waals surface area (Å²) in [4.78, 5) is -0.0139. The Morgan fingerprint density at radius 1 is 1.57 bits per heavy atom. The molecule has 0 aromatic carbocycles. The Bertz CT molecular complexity index is 71.3. The van der Waals surface area contributed by atoms with Crippen LogP contribution in [0.25, 0.3) is 0 Å². The second kappa shape index (κ2) is 3.51. The standard InChI is InChI=1S/C2H6N2O3/c5-1-3-4(7)2-6/h5-6H,1-2H2/b4-3+. The van der Waals surface area contributed by atoms with E-state index in [1.54, 1.807) is 0 Å². The fourth-order valence-electron chi connectivity index (χ4n) is 0.115. The quantitative estimate of drug-likeness (QED) is 0.202. The summed E-state index contributed by atoms with van der Waals surface area (Å²) in [5.74, 6) is 0. The van der Waals surface area contributed by atoms with Crippen LogP contribution >= 0.6 is 0 Å². The van der Waals surface area contributed by atoms with Crippen molar-refractivity contribution in [1.29, 1.82) is 0 Å². The predicted octanol–water partition coefficient (Wildman–Crippen LogP) is -1.15. The van der Waals surface area contributed by atoms with Crippen LogP contribution in [0.1, 0.15) is 0 Å². The molecule has 0 rings (SSSR count). The van der Waals surface area contributed by atoms with Crippen LogP contribution in [0, 0.1) is 5.21 Å². The van der Waals surface area contributed by atoms with Gasteiger partial charge in [-0.3, -0.25) is 0 Å². The number of nitrogens with zero attached hydrogens (tertiary/aromatic N) is 2. The fraction of sp³-hybridized carbons (Fsp3) is 1.00. The summed E-state index contributed by atoms with van der Waals surface area (Å²) >= 11 is 0. The van der Waals surface area contributed by atoms with Gasteiger partial charge in [-0.25, -0.2) is 0 Å². The van der Waals surface area contributed by atoms with Crippen LogP contribution < -0.4 is 0 Å². The van der Waals surface area contributed by atoms with E-state index < -0.39 is 13.5 Å². The van der Waals surface area contributed by atoms with Crippen molar-refractivity contribution in [3.8, 4) is 0 Å². The molecule has 2 N–H and O–H groups in total. The third-order valence-corrected chi connectivity index (χ3v) is 0.342. The van der Waals surface area contributed by atoms with E-state index in [4.69, 9.17) is 10.2 Å². The summed E-state index contributed by atoms with van der Waals surface area (Å²) in [6.45, 7) is -1.29. The molecule has 7 heavy (non-hydrogen) atoms. The molecule has 0 atom stereocenters. The van der Waals surface area contributed by atoms with Crippen molar-refractivity contribution in [3.05, 3.63) is 5.21 Å². The Balaban J connectivity index is 3.29. The van der Waals surface area contributed by atoms with Gasteiger partial charge in [0.05, 0.1) is 0 Å². The molecule has 0 aromatic heterocycles. The Labute approximate surface area is 40.1 Å². The van der Waals surface area contributed by atoms with Crippen LogP contribution in [0.5, 0.6) is 0 Å². The molecule has 0 heterocycles. The second-order valence-corrected chi connectivity index (χ2v) is 0.776. The lowest BCUT2D eigenvalue weighted by Gasteiger charge is -1.90. The molecule has 0 fully saturated rings. The lowest BCUT2D eigenvalue weighted by molar-refractivity contribution is -0.568.